The summed E-state index contributed by atoms with van der Waals surface area (Å²) in [7, 11) is -0.407. The van der Waals surface area contributed by atoms with Crippen molar-refractivity contribution in [2.45, 2.75) is 31.1 Å². The van der Waals surface area contributed by atoms with E-state index < -0.39 is 15.6 Å². The highest BCUT2D eigenvalue weighted by Gasteiger charge is 2.47. The summed E-state index contributed by atoms with van der Waals surface area (Å²) in [5.74, 6) is 0.487. The van der Waals surface area contributed by atoms with Crippen molar-refractivity contribution in [3.63, 3.8) is 0 Å². The van der Waals surface area contributed by atoms with Crippen LogP contribution in [0.1, 0.15) is 30.5 Å². The zero-order chi connectivity index (χ0) is 19.2. The van der Waals surface area contributed by atoms with Crippen LogP contribution in [0.4, 0.5) is 0 Å². The van der Waals surface area contributed by atoms with Gasteiger partial charge in [0, 0.05) is 56.1 Å². The summed E-state index contributed by atoms with van der Waals surface area (Å²) in [5, 5.41) is 0. The molecule has 0 radical (unpaired) electrons. The Morgan fingerprint density at radius 2 is 2.11 bits per heavy atom. The quantitative estimate of drug-likeness (QED) is 0.841. The van der Waals surface area contributed by atoms with Gasteiger partial charge in [-0.15, -0.1) is 0 Å². The molecule has 1 unspecified atom stereocenters. The second-order valence-corrected chi connectivity index (χ2v) is 9.63. The van der Waals surface area contributed by atoms with Crippen molar-refractivity contribution in [1.29, 1.82) is 0 Å². The molecule has 0 saturated carbocycles. The van der Waals surface area contributed by atoms with Gasteiger partial charge in [0.2, 0.25) is 0 Å². The first kappa shape index (κ1) is 18.3. The summed E-state index contributed by atoms with van der Waals surface area (Å²) < 4.78 is 28.1. The van der Waals surface area contributed by atoms with Crippen LogP contribution in [0.2, 0.25) is 0 Å². The van der Waals surface area contributed by atoms with Gasteiger partial charge in [-0.3, -0.25) is 9.78 Å². The van der Waals surface area contributed by atoms with Gasteiger partial charge >= 0.3 is 0 Å². The number of aromatic nitrogens is 3. The molecule has 2 aromatic rings. The van der Waals surface area contributed by atoms with Crippen LogP contribution < -0.4 is 5.56 Å². The van der Waals surface area contributed by atoms with Gasteiger partial charge in [0.25, 0.3) is 15.8 Å². The minimum Gasteiger partial charge on any atom is -0.306 e. The molecule has 0 bridgehead atoms. The first-order valence-corrected chi connectivity index (χ1v) is 10.4. The fourth-order valence-corrected chi connectivity index (χ4v) is 5.44. The minimum atomic E-state index is -3.50. The van der Waals surface area contributed by atoms with E-state index in [1.165, 1.54) is 8.61 Å². The molecule has 3 heterocycles. The third-order valence-electron chi connectivity index (χ3n) is 5.64. The number of H-pyrrole nitrogens is 1. The zero-order valence-corrected chi connectivity index (χ0v) is 16.3. The number of rotatable bonds is 3. The predicted octanol–water partition coefficient (Wildman–Crippen LogP) is 0.918. The molecule has 1 fully saturated rings. The van der Waals surface area contributed by atoms with Gasteiger partial charge in [-0.25, -0.2) is 4.98 Å². The van der Waals surface area contributed by atoms with Crippen LogP contribution in [0.25, 0.3) is 11.4 Å². The number of aromatic amines is 1. The lowest BCUT2D eigenvalue weighted by Crippen LogP contribution is -2.51. The Morgan fingerprint density at radius 1 is 1.30 bits per heavy atom. The molecule has 2 aliphatic rings. The second kappa shape index (κ2) is 6.50. The summed E-state index contributed by atoms with van der Waals surface area (Å²) >= 11 is 0. The molecular weight excluding hydrogens is 366 g/mol. The van der Waals surface area contributed by atoms with E-state index in [2.05, 4.69) is 9.97 Å². The Kier molecular flexibility index (Phi) is 4.40. The molecule has 0 aromatic carbocycles. The molecule has 1 aliphatic carbocycles. The molecule has 1 atom stereocenters. The smallest absolute Gasteiger partial charge is 0.281 e. The molecule has 0 amide bonds. The first-order chi connectivity index (χ1) is 12.8. The Labute approximate surface area is 158 Å². The van der Waals surface area contributed by atoms with Gasteiger partial charge in [0.05, 0.1) is 5.69 Å². The second-order valence-electron chi connectivity index (χ2n) is 7.49. The van der Waals surface area contributed by atoms with E-state index in [1.54, 1.807) is 32.6 Å². The highest BCUT2D eigenvalue weighted by molar-refractivity contribution is 7.86. The average Bonchev–Trinajstić information content (AvgIpc) is 3.01. The van der Waals surface area contributed by atoms with Crippen LogP contribution in [0.15, 0.2) is 29.3 Å². The lowest BCUT2D eigenvalue weighted by atomic mass is 9.78. The fourth-order valence-electron chi connectivity index (χ4n) is 4.21. The summed E-state index contributed by atoms with van der Waals surface area (Å²) in [6, 6.07) is 3.65. The molecular formula is C18H23N5O3S. The predicted molar refractivity (Wildman–Crippen MR) is 102 cm³/mol. The van der Waals surface area contributed by atoms with E-state index in [9.17, 15) is 13.2 Å². The maximum absolute atomic E-state index is 12.7. The van der Waals surface area contributed by atoms with Crippen molar-refractivity contribution < 1.29 is 8.42 Å². The molecule has 1 saturated heterocycles. The van der Waals surface area contributed by atoms with Gasteiger partial charge in [-0.1, -0.05) is 0 Å². The molecule has 1 spiro atoms. The lowest BCUT2D eigenvalue weighted by Gasteiger charge is -2.40. The Bertz CT molecular complexity index is 1020. The van der Waals surface area contributed by atoms with E-state index in [1.807, 2.05) is 6.07 Å². The van der Waals surface area contributed by atoms with Gasteiger partial charge < -0.3 is 4.98 Å². The summed E-state index contributed by atoms with van der Waals surface area (Å²) in [6.45, 7) is 0.861. The Morgan fingerprint density at radius 3 is 2.81 bits per heavy atom. The third-order valence-corrected chi connectivity index (χ3v) is 7.52. The summed E-state index contributed by atoms with van der Waals surface area (Å²) in [5.41, 5.74) is 1.65. The Balaban J connectivity index is 1.78. The van der Waals surface area contributed by atoms with Crippen molar-refractivity contribution in [1.82, 2.24) is 23.6 Å². The van der Waals surface area contributed by atoms with Crippen LogP contribution >= 0.6 is 0 Å². The van der Waals surface area contributed by atoms with E-state index in [4.69, 9.17) is 4.98 Å². The average molecular weight is 389 g/mol. The zero-order valence-electron chi connectivity index (χ0n) is 15.5. The molecule has 4 rings (SSSR count). The van der Waals surface area contributed by atoms with E-state index in [0.29, 0.717) is 30.9 Å². The number of nitrogens with zero attached hydrogens (tertiary/aromatic N) is 4. The molecule has 1 aliphatic heterocycles. The number of nitrogens with one attached hydrogen (secondary N) is 1. The van der Waals surface area contributed by atoms with Crippen molar-refractivity contribution in [2.24, 2.45) is 0 Å². The van der Waals surface area contributed by atoms with Gasteiger partial charge in [-0.2, -0.15) is 17.0 Å². The highest BCUT2D eigenvalue weighted by Crippen LogP contribution is 2.44. The van der Waals surface area contributed by atoms with Crippen LogP contribution in [-0.2, 0) is 22.0 Å². The van der Waals surface area contributed by atoms with Gasteiger partial charge in [0.15, 0.2) is 0 Å². The van der Waals surface area contributed by atoms with E-state index in [-0.39, 0.29) is 5.56 Å². The monoisotopic (exact) mass is 389 g/mol. The molecule has 27 heavy (non-hydrogen) atoms. The van der Waals surface area contributed by atoms with Crippen LogP contribution in [0, 0.1) is 0 Å². The van der Waals surface area contributed by atoms with Crippen LogP contribution in [-0.4, -0.2) is 59.2 Å². The standard InChI is InChI=1S/C18H23N5O3S/c1-22(2)27(25,26)23-10-4-7-18(12-23)8-6-14-15(18)20-16(21-17(14)24)13-5-3-9-19-11-13/h3,5,9,11H,4,6-8,10,12H2,1-2H3,(H,20,21,24). The minimum absolute atomic E-state index is 0.136. The maximum atomic E-state index is 12.7. The van der Waals surface area contributed by atoms with Crippen LogP contribution in [0.3, 0.4) is 0 Å². The molecule has 8 nitrogen and oxygen atoms in total. The summed E-state index contributed by atoms with van der Waals surface area (Å²) in [4.78, 5) is 24.4. The largest absolute Gasteiger partial charge is 0.306 e. The lowest BCUT2D eigenvalue weighted by molar-refractivity contribution is 0.212. The number of piperidine rings is 1. The summed E-state index contributed by atoms with van der Waals surface area (Å²) in [6.07, 6.45) is 6.29. The molecule has 144 valence electrons. The van der Waals surface area contributed by atoms with Crippen molar-refractivity contribution in [3.8, 4) is 11.4 Å². The normalized spacial score (nSPS) is 23.1. The topological polar surface area (TPSA) is 99.3 Å². The molecule has 9 heteroatoms. The van der Waals surface area contributed by atoms with Crippen LogP contribution in [0.5, 0.6) is 0 Å². The van der Waals surface area contributed by atoms with Crippen molar-refractivity contribution in [2.75, 3.05) is 27.2 Å². The maximum Gasteiger partial charge on any atom is 0.281 e. The van der Waals surface area contributed by atoms with Crippen molar-refractivity contribution >= 4 is 10.2 Å². The van der Waals surface area contributed by atoms with Gasteiger partial charge in [0.1, 0.15) is 5.82 Å². The number of pyridine rings is 1. The molecule has 1 N–H and O–H groups in total. The fraction of sp³-hybridized carbons (Fsp3) is 0.500. The highest BCUT2D eigenvalue weighted by atomic mass is 32.2. The Hall–Kier alpha value is -2.10. The molecule has 2 aromatic heterocycles. The van der Waals surface area contributed by atoms with Crippen molar-refractivity contribution in [3.05, 3.63) is 46.1 Å². The van der Waals surface area contributed by atoms with E-state index in [0.717, 1.165) is 30.5 Å². The van der Waals surface area contributed by atoms with Gasteiger partial charge in [-0.05, 0) is 37.8 Å². The third kappa shape index (κ3) is 2.99. The first-order valence-electron chi connectivity index (χ1n) is 9.05. The number of fused-ring (bicyclic) bond motifs is 2. The SMILES string of the molecule is CN(C)S(=O)(=O)N1CCCC2(CCc3c2nc(-c2cccnc2)[nH]c3=O)C1. The number of hydrogen-bond acceptors (Lipinski definition) is 5. The van der Waals surface area contributed by atoms with E-state index >= 15 is 0 Å². The number of hydrogen-bond donors (Lipinski definition) is 1.